The molecule has 0 saturated carbocycles. The van der Waals surface area contributed by atoms with E-state index in [9.17, 15) is 5.26 Å². The number of rotatable bonds is 3. The molecule has 0 spiro atoms. The van der Waals surface area contributed by atoms with Crippen molar-refractivity contribution in [3.63, 3.8) is 0 Å². The number of hydrogen-bond acceptors (Lipinski definition) is 1. The Kier molecular flexibility index (Phi) is 4.20. The van der Waals surface area contributed by atoms with Gasteiger partial charge in [0.1, 0.15) is 0 Å². The molecule has 3 rings (SSSR count). The Morgan fingerprint density at radius 2 is 2.04 bits per heavy atom. The monoisotopic (exact) mass is 316 g/mol. The van der Waals surface area contributed by atoms with Gasteiger partial charge in [-0.15, -0.1) is 6.42 Å². The van der Waals surface area contributed by atoms with E-state index in [1.165, 1.54) is 0 Å². The number of nitriles is 1. The molecule has 0 saturated heterocycles. The zero-order chi connectivity index (χ0) is 16.2. The van der Waals surface area contributed by atoms with Crippen LogP contribution in [-0.2, 0) is 6.54 Å². The van der Waals surface area contributed by atoms with Gasteiger partial charge in [0.05, 0.1) is 18.2 Å². The molecular weight excluding hydrogens is 304 g/mol. The van der Waals surface area contributed by atoms with Crippen molar-refractivity contribution in [3.8, 4) is 18.4 Å². The van der Waals surface area contributed by atoms with Crippen LogP contribution in [0.25, 0.3) is 22.6 Å². The Bertz CT molecular complexity index is 981. The fourth-order valence-electron chi connectivity index (χ4n) is 2.61. The van der Waals surface area contributed by atoms with Gasteiger partial charge in [0, 0.05) is 27.7 Å². The number of terminal acetylenes is 1. The van der Waals surface area contributed by atoms with Gasteiger partial charge in [-0.2, -0.15) is 5.26 Å². The van der Waals surface area contributed by atoms with Gasteiger partial charge < -0.3 is 4.57 Å². The lowest BCUT2D eigenvalue weighted by molar-refractivity contribution is 0.886. The molecule has 0 aliphatic rings. The minimum absolute atomic E-state index is 0.493. The highest BCUT2D eigenvalue weighted by atomic mass is 35.5. The number of para-hydroxylation sites is 1. The van der Waals surface area contributed by atoms with Crippen molar-refractivity contribution < 1.29 is 0 Å². The van der Waals surface area contributed by atoms with Crippen LogP contribution in [0.1, 0.15) is 11.1 Å². The second kappa shape index (κ2) is 6.44. The van der Waals surface area contributed by atoms with E-state index in [4.69, 9.17) is 18.0 Å². The van der Waals surface area contributed by atoms with Gasteiger partial charge >= 0.3 is 0 Å². The predicted molar refractivity (Wildman–Crippen MR) is 95.7 cm³/mol. The Hall–Kier alpha value is -2.94. The second-order valence-electron chi connectivity index (χ2n) is 5.11. The summed E-state index contributed by atoms with van der Waals surface area (Å²) >= 11 is 6.03. The van der Waals surface area contributed by atoms with Crippen LogP contribution in [0.15, 0.2) is 54.7 Å². The van der Waals surface area contributed by atoms with Crippen molar-refractivity contribution in [3.05, 3.63) is 70.9 Å². The maximum atomic E-state index is 9.51. The molecule has 110 valence electrons. The molecule has 0 aliphatic carbocycles. The number of benzene rings is 2. The fourth-order valence-corrected chi connectivity index (χ4v) is 2.80. The minimum Gasteiger partial charge on any atom is -0.335 e. The maximum Gasteiger partial charge on any atom is 0.0998 e. The average Bonchev–Trinajstić information content (AvgIpc) is 2.91. The molecule has 0 fully saturated rings. The van der Waals surface area contributed by atoms with Crippen LogP contribution in [-0.4, -0.2) is 4.57 Å². The maximum absolute atomic E-state index is 9.51. The van der Waals surface area contributed by atoms with Gasteiger partial charge in [-0.25, -0.2) is 0 Å². The van der Waals surface area contributed by atoms with E-state index in [-0.39, 0.29) is 0 Å². The Morgan fingerprint density at radius 3 is 2.78 bits per heavy atom. The highest BCUT2D eigenvalue weighted by Crippen LogP contribution is 2.26. The summed E-state index contributed by atoms with van der Waals surface area (Å²) in [6.45, 7) is 0.493. The first kappa shape index (κ1) is 15.0. The number of hydrogen-bond donors (Lipinski definition) is 0. The number of nitrogens with zero attached hydrogens (tertiary/aromatic N) is 2. The van der Waals surface area contributed by atoms with E-state index in [2.05, 4.69) is 12.0 Å². The Balaban J connectivity index is 2.16. The van der Waals surface area contributed by atoms with E-state index in [0.29, 0.717) is 17.1 Å². The molecule has 23 heavy (non-hydrogen) atoms. The van der Waals surface area contributed by atoms with Gasteiger partial charge in [0.2, 0.25) is 0 Å². The van der Waals surface area contributed by atoms with E-state index in [0.717, 1.165) is 22.0 Å². The number of halogens is 1. The molecule has 1 heterocycles. The van der Waals surface area contributed by atoms with Gasteiger partial charge in [-0.1, -0.05) is 47.9 Å². The number of allylic oxidation sites excluding steroid dienone is 1. The lowest BCUT2D eigenvalue weighted by Crippen LogP contribution is -1.91. The van der Waals surface area contributed by atoms with E-state index in [1.54, 1.807) is 12.1 Å². The van der Waals surface area contributed by atoms with Crippen molar-refractivity contribution in [2.45, 2.75) is 6.54 Å². The quantitative estimate of drug-likeness (QED) is 0.494. The molecule has 0 unspecified atom stereocenters. The molecular formula is C20H13ClN2. The molecule has 3 heteroatoms. The summed E-state index contributed by atoms with van der Waals surface area (Å²) < 4.78 is 2.01. The van der Waals surface area contributed by atoms with Crippen molar-refractivity contribution in [1.29, 1.82) is 5.26 Å². The lowest BCUT2D eigenvalue weighted by atomic mass is 10.0. The molecule has 3 aromatic rings. The normalized spacial score (nSPS) is 11.2. The third-order valence-electron chi connectivity index (χ3n) is 3.64. The molecule has 2 nitrogen and oxygen atoms in total. The summed E-state index contributed by atoms with van der Waals surface area (Å²) in [5.41, 5.74) is 3.39. The standard InChI is InChI=1S/C20H13ClN2/c1-2-10-23-14-17(19-8-3-4-9-20(19)23)11-16(13-22)15-6-5-7-18(21)12-15/h1,3-9,11-12,14H,10H2/b16-11+. The molecule has 0 aliphatic heterocycles. The minimum atomic E-state index is 0.493. The van der Waals surface area contributed by atoms with E-state index in [1.807, 2.05) is 53.2 Å². The zero-order valence-corrected chi connectivity index (χ0v) is 13.1. The molecule has 2 aromatic carbocycles. The SMILES string of the molecule is C#CCn1cc(/C=C(\C#N)c2cccc(Cl)c2)c2ccccc21. The summed E-state index contributed by atoms with van der Waals surface area (Å²) in [5, 5.41) is 11.2. The van der Waals surface area contributed by atoms with E-state index < -0.39 is 0 Å². The molecule has 0 amide bonds. The summed E-state index contributed by atoms with van der Waals surface area (Å²) in [5.74, 6) is 2.66. The van der Waals surface area contributed by atoms with Crippen molar-refractivity contribution >= 4 is 34.2 Å². The molecule has 0 atom stereocenters. The van der Waals surface area contributed by atoms with Gasteiger partial charge in [0.15, 0.2) is 0 Å². The van der Waals surface area contributed by atoms with Crippen LogP contribution >= 0.6 is 11.6 Å². The van der Waals surface area contributed by atoms with Gasteiger partial charge in [-0.05, 0) is 29.8 Å². The largest absolute Gasteiger partial charge is 0.335 e. The van der Waals surface area contributed by atoms with Crippen LogP contribution in [0.3, 0.4) is 0 Å². The summed E-state index contributed by atoms with van der Waals surface area (Å²) in [4.78, 5) is 0. The van der Waals surface area contributed by atoms with Crippen LogP contribution in [0, 0.1) is 23.7 Å². The summed E-state index contributed by atoms with van der Waals surface area (Å²) in [6, 6.07) is 17.6. The average molecular weight is 317 g/mol. The predicted octanol–water partition coefficient (Wildman–Crippen LogP) is 4.99. The van der Waals surface area contributed by atoms with Crippen molar-refractivity contribution in [2.24, 2.45) is 0 Å². The first-order valence-electron chi connectivity index (χ1n) is 7.12. The van der Waals surface area contributed by atoms with Crippen molar-refractivity contribution in [2.75, 3.05) is 0 Å². The first-order chi connectivity index (χ1) is 11.2. The van der Waals surface area contributed by atoms with Crippen molar-refractivity contribution in [1.82, 2.24) is 4.57 Å². The molecule has 0 N–H and O–H groups in total. The number of aromatic nitrogens is 1. The number of fused-ring (bicyclic) bond motifs is 1. The van der Waals surface area contributed by atoms with Crippen LogP contribution in [0.5, 0.6) is 0 Å². The summed E-state index contributed by atoms with van der Waals surface area (Å²) in [6.07, 6.45) is 9.30. The highest BCUT2D eigenvalue weighted by Gasteiger charge is 2.08. The van der Waals surface area contributed by atoms with Gasteiger partial charge in [0.25, 0.3) is 0 Å². The molecule has 1 aromatic heterocycles. The van der Waals surface area contributed by atoms with Crippen LogP contribution in [0.4, 0.5) is 0 Å². The third-order valence-corrected chi connectivity index (χ3v) is 3.87. The summed E-state index contributed by atoms with van der Waals surface area (Å²) in [7, 11) is 0. The smallest absolute Gasteiger partial charge is 0.0998 e. The van der Waals surface area contributed by atoms with Crippen LogP contribution < -0.4 is 0 Å². The lowest BCUT2D eigenvalue weighted by Gasteiger charge is -2.00. The Labute approximate surface area is 140 Å². The molecule has 0 radical (unpaired) electrons. The second-order valence-corrected chi connectivity index (χ2v) is 5.55. The van der Waals surface area contributed by atoms with E-state index >= 15 is 0 Å². The molecule has 0 bridgehead atoms. The Morgan fingerprint density at radius 1 is 1.22 bits per heavy atom. The van der Waals surface area contributed by atoms with Crippen LogP contribution in [0.2, 0.25) is 5.02 Å². The topological polar surface area (TPSA) is 28.7 Å². The first-order valence-corrected chi connectivity index (χ1v) is 7.50. The zero-order valence-electron chi connectivity index (χ0n) is 12.3. The highest BCUT2D eigenvalue weighted by molar-refractivity contribution is 6.30. The fraction of sp³-hybridized carbons (Fsp3) is 0.0500. The third kappa shape index (κ3) is 2.99. The van der Waals surface area contributed by atoms with Gasteiger partial charge in [-0.3, -0.25) is 0 Å².